The Kier molecular flexibility index (Phi) is 4.62. The van der Waals surface area contributed by atoms with Crippen LogP contribution in [0, 0.1) is 0 Å². The molecule has 0 aromatic heterocycles. The molecule has 0 aliphatic carbocycles. The Balaban J connectivity index is 2.50. The number of amides is 1. The summed E-state index contributed by atoms with van der Waals surface area (Å²) in [6, 6.07) is 6.19. The molecule has 0 bridgehead atoms. The number of benzene rings is 1. The van der Waals surface area contributed by atoms with Crippen LogP contribution >= 0.6 is 15.9 Å². The first kappa shape index (κ1) is 12.0. The van der Waals surface area contributed by atoms with Crippen molar-refractivity contribution < 1.29 is 9.90 Å². The molecule has 0 aliphatic heterocycles. The van der Waals surface area contributed by atoms with Gasteiger partial charge in [-0.2, -0.15) is 0 Å². The van der Waals surface area contributed by atoms with Crippen LogP contribution in [0.25, 0.3) is 0 Å². The molecule has 4 heteroatoms. The highest BCUT2D eigenvalue weighted by Gasteiger charge is 2.07. The van der Waals surface area contributed by atoms with Crippen molar-refractivity contribution in [2.45, 2.75) is 18.2 Å². The van der Waals surface area contributed by atoms with Crippen molar-refractivity contribution in [3.05, 3.63) is 29.8 Å². The molecule has 0 aliphatic rings. The van der Waals surface area contributed by atoms with Crippen molar-refractivity contribution in [2.75, 3.05) is 6.54 Å². The summed E-state index contributed by atoms with van der Waals surface area (Å²) >= 11 is 3.43. The molecule has 1 amide bonds. The minimum atomic E-state index is -0.118. The average molecular weight is 272 g/mol. The van der Waals surface area contributed by atoms with E-state index in [9.17, 15) is 4.79 Å². The Bertz CT molecular complexity index is 324. The van der Waals surface area contributed by atoms with Gasteiger partial charge < -0.3 is 10.4 Å². The Morgan fingerprint density at radius 1 is 1.47 bits per heavy atom. The molecular weight excluding hydrogens is 258 g/mol. The van der Waals surface area contributed by atoms with Gasteiger partial charge in [-0.3, -0.25) is 4.79 Å². The number of phenols is 1. The second-order valence-corrected chi connectivity index (χ2v) is 4.56. The van der Waals surface area contributed by atoms with E-state index in [2.05, 4.69) is 21.2 Å². The number of aromatic hydroxyl groups is 1. The molecule has 1 unspecified atom stereocenters. The number of carbonyl (C=O) groups excluding carboxylic acids is 1. The van der Waals surface area contributed by atoms with E-state index in [1.807, 2.05) is 6.92 Å². The van der Waals surface area contributed by atoms with Gasteiger partial charge in [-0.1, -0.05) is 22.9 Å². The second-order valence-electron chi connectivity index (χ2n) is 3.26. The van der Waals surface area contributed by atoms with Crippen molar-refractivity contribution >= 4 is 21.8 Å². The van der Waals surface area contributed by atoms with Gasteiger partial charge in [0.25, 0.3) is 5.91 Å². The maximum Gasteiger partial charge on any atom is 0.251 e. The van der Waals surface area contributed by atoms with Crippen LogP contribution in [-0.2, 0) is 0 Å². The highest BCUT2D eigenvalue weighted by molar-refractivity contribution is 9.09. The predicted molar refractivity (Wildman–Crippen MR) is 63.4 cm³/mol. The van der Waals surface area contributed by atoms with E-state index in [4.69, 9.17) is 5.11 Å². The molecule has 1 atom stereocenters. The number of hydrogen-bond acceptors (Lipinski definition) is 2. The standard InChI is InChI=1S/C11H14BrNO2/c1-2-9(12)7-13-11(15)8-3-5-10(14)6-4-8/h3-6,9,14H,2,7H2,1H3,(H,13,15). The van der Waals surface area contributed by atoms with Gasteiger partial charge in [0.2, 0.25) is 0 Å². The fourth-order valence-electron chi connectivity index (χ4n) is 1.06. The minimum Gasteiger partial charge on any atom is -0.508 e. The van der Waals surface area contributed by atoms with Gasteiger partial charge in [-0.15, -0.1) is 0 Å². The third kappa shape index (κ3) is 3.91. The van der Waals surface area contributed by atoms with E-state index in [1.54, 1.807) is 12.1 Å². The van der Waals surface area contributed by atoms with Crippen LogP contribution in [0.3, 0.4) is 0 Å². The van der Waals surface area contributed by atoms with Gasteiger partial charge in [0.15, 0.2) is 0 Å². The predicted octanol–water partition coefficient (Wildman–Crippen LogP) is 2.30. The molecule has 82 valence electrons. The third-order valence-corrected chi connectivity index (χ3v) is 3.03. The molecule has 0 radical (unpaired) electrons. The number of hydrogen-bond donors (Lipinski definition) is 2. The fraction of sp³-hybridized carbons (Fsp3) is 0.364. The molecule has 1 rings (SSSR count). The summed E-state index contributed by atoms with van der Waals surface area (Å²) in [6.45, 7) is 2.66. The molecule has 0 heterocycles. The summed E-state index contributed by atoms with van der Waals surface area (Å²) in [4.78, 5) is 11.9. The first-order valence-corrected chi connectivity index (χ1v) is 5.76. The van der Waals surface area contributed by atoms with Crippen molar-refractivity contribution in [1.29, 1.82) is 0 Å². The average Bonchev–Trinajstić information content (AvgIpc) is 2.26. The minimum absolute atomic E-state index is 0.118. The zero-order valence-corrected chi connectivity index (χ0v) is 10.1. The van der Waals surface area contributed by atoms with Crippen LogP contribution in [-0.4, -0.2) is 22.4 Å². The lowest BCUT2D eigenvalue weighted by atomic mass is 10.2. The summed E-state index contributed by atoms with van der Waals surface area (Å²) in [5, 5.41) is 11.9. The molecular formula is C11H14BrNO2. The highest BCUT2D eigenvalue weighted by Crippen LogP contribution is 2.09. The Labute approximate surface area is 97.6 Å². The quantitative estimate of drug-likeness (QED) is 0.826. The van der Waals surface area contributed by atoms with Gasteiger partial charge in [-0.05, 0) is 30.7 Å². The topological polar surface area (TPSA) is 49.3 Å². The Hall–Kier alpha value is -1.03. The number of carbonyl (C=O) groups is 1. The smallest absolute Gasteiger partial charge is 0.251 e. The largest absolute Gasteiger partial charge is 0.508 e. The van der Waals surface area contributed by atoms with Gasteiger partial charge in [-0.25, -0.2) is 0 Å². The van der Waals surface area contributed by atoms with E-state index in [1.165, 1.54) is 12.1 Å². The molecule has 3 nitrogen and oxygen atoms in total. The first-order valence-electron chi connectivity index (χ1n) is 4.84. The van der Waals surface area contributed by atoms with Gasteiger partial charge in [0.05, 0.1) is 0 Å². The van der Waals surface area contributed by atoms with Crippen LogP contribution in [0.1, 0.15) is 23.7 Å². The normalized spacial score (nSPS) is 12.1. The zero-order valence-electron chi connectivity index (χ0n) is 8.53. The maximum atomic E-state index is 11.6. The van der Waals surface area contributed by atoms with Crippen LogP contribution in [0.2, 0.25) is 0 Å². The molecule has 2 N–H and O–H groups in total. The van der Waals surface area contributed by atoms with E-state index < -0.39 is 0 Å². The van der Waals surface area contributed by atoms with Crippen LogP contribution < -0.4 is 5.32 Å². The summed E-state index contributed by atoms with van der Waals surface area (Å²) in [5.74, 6) is 0.0476. The summed E-state index contributed by atoms with van der Waals surface area (Å²) in [5.41, 5.74) is 0.559. The van der Waals surface area contributed by atoms with E-state index >= 15 is 0 Å². The lowest BCUT2D eigenvalue weighted by molar-refractivity contribution is 0.0954. The maximum absolute atomic E-state index is 11.6. The summed E-state index contributed by atoms with van der Waals surface area (Å²) in [7, 11) is 0. The van der Waals surface area contributed by atoms with Crippen LogP contribution in [0.15, 0.2) is 24.3 Å². The first-order chi connectivity index (χ1) is 7.13. The van der Waals surface area contributed by atoms with Crippen LogP contribution in [0.4, 0.5) is 0 Å². The van der Waals surface area contributed by atoms with Crippen molar-refractivity contribution in [2.24, 2.45) is 0 Å². The molecule has 0 saturated heterocycles. The van der Waals surface area contributed by atoms with E-state index in [-0.39, 0.29) is 11.7 Å². The van der Waals surface area contributed by atoms with E-state index in [0.717, 1.165) is 6.42 Å². The molecule has 0 spiro atoms. The number of rotatable bonds is 4. The number of nitrogens with one attached hydrogen (secondary N) is 1. The van der Waals surface area contributed by atoms with E-state index in [0.29, 0.717) is 16.9 Å². The van der Waals surface area contributed by atoms with Gasteiger partial charge in [0, 0.05) is 16.9 Å². The lowest BCUT2D eigenvalue weighted by Crippen LogP contribution is -2.29. The molecule has 0 fully saturated rings. The SMILES string of the molecule is CCC(Br)CNC(=O)c1ccc(O)cc1. The zero-order chi connectivity index (χ0) is 11.3. The molecule has 1 aromatic rings. The highest BCUT2D eigenvalue weighted by atomic mass is 79.9. The summed E-state index contributed by atoms with van der Waals surface area (Å²) in [6.07, 6.45) is 0.968. The Morgan fingerprint density at radius 3 is 2.60 bits per heavy atom. The lowest BCUT2D eigenvalue weighted by Gasteiger charge is -2.08. The third-order valence-electron chi connectivity index (χ3n) is 2.06. The van der Waals surface area contributed by atoms with Gasteiger partial charge >= 0.3 is 0 Å². The number of halogens is 1. The summed E-state index contributed by atoms with van der Waals surface area (Å²) < 4.78 is 0. The number of phenolic OH excluding ortho intramolecular Hbond substituents is 1. The Morgan fingerprint density at radius 2 is 2.07 bits per heavy atom. The molecule has 1 aromatic carbocycles. The molecule has 15 heavy (non-hydrogen) atoms. The fourth-order valence-corrected chi connectivity index (χ4v) is 1.22. The van der Waals surface area contributed by atoms with Crippen molar-refractivity contribution in [3.8, 4) is 5.75 Å². The van der Waals surface area contributed by atoms with Crippen molar-refractivity contribution in [3.63, 3.8) is 0 Å². The van der Waals surface area contributed by atoms with Crippen molar-refractivity contribution in [1.82, 2.24) is 5.32 Å². The molecule has 0 saturated carbocycles. The second kappa shape index (κ2) is 5.75. The monoisotopic (exact) mass is 271 g/mol. The van der Waals surface area contributed by atoms with Gasteiger partial charge in [0.1, 0.15) is 5.75 Å². The number of alkyl halides is 1. The van der Waals surface area contributed by atoms with Crippen LogP contribution in [0.5, 0.6) is 5.75 Å².